The van der Waals surface area contributed by atoms with Crippen LogP contribution in [0.15, 0.2) is 10.9 Å². The van der Waals surface area contributed by atoms with Gasteiger partial charge in [0.05, 0.1) is 12.3 Å². The largest absolute Gasteiger partial charge is 0.488 e. The van der Waals surface area contributed by atoms with Crippen molar-refractivity contribution in [3.63, 3.8) is 0 Å². The Morgan fingerprint density at radius 1 is 1.38 bits per heavy atom. The average Bonchev–Trinajstić information content (AvgIpc) is 2.48. The fourth-order valence-electron chi connectivity index (χ4n) is 2.75. The minimum Gasteiger partial charge on any atom is -0.488 e. The van der Waals surface area contributed by atoms with Crippen LogP contribution in [0.4, 0.5) is 0 Å². The van der Waals surface area contributed by atoms with Crippen molar-refractivity contribution < 1.29 is 4.74 Å². The number of hydrogen-bond acceptors (Lipinski definition) is 4. The Morgan fingerprint density at radius 3 is 2.76 bits per heavy atom. The highest BCUT2D eigenvalue weighted by Crippen LogP contribution is 2.23. The molecule has 0 atom stereocenters. The van der Waals surface area contributed by atoms with Crippen molar-refractivity contribution in [1.82, 2.24) is 9.47 Å². The van der Waals surface area contributed by atoms with E-state index in [0.29, 0.717) is 24.9 Å². The standard InChI is InChI=1S/C16H27N3O2/c1-4-5-8-21-16-14-11-18(12(2)3)6-7-19(14)13(10-17)9-15(16)20/h9,12H,4-8,10-11,17H2,1-3H3. The molecule has 118 valence electrons. The van der Waals surface area contributed by atoms with Crippen LogP contribution in [0.2, 0.25) is 0 Å². The molecule has 2 heterocycles. The van der Waals surface area contributed by atoms with Crippen molar-refractivity contribution in [3.05, 3.63) is 27.7 Å². The fourth-order valence-corrected chi connectivity index (χ4v) is 2.75. The molecule has 0 bridgehead atoms. The topological polar surface area (TPSA) is 60.5 Å². The fraction of sp³-hybridized carbons (Fsp3) is 0.688. The summed E-state index contributed by atoms with van der Waals surface area (Å²) in [4.78, 5) is 14.7. The van der Waals surface area contributed by atoms with E-state index >= 15 is 0 Å². The van der Waals surface area contributed by atoms with Gasteiger partial charge in [0.1, 0.15) is 0 Å². The molecule has 1 aliphatic heterocycles. The van der Waals surface area contributed by atoms with Crippen LogP contribution < -0.4 is 15.9 Å². The van der Waals surface area contributed by atoms with E-state index in [0.717, 1.165) is 43.9 Å². The monoisotopic (exact) mass is 293 g/mol. The van der Waals surface area contributed by atoms with Gasteiger partial charge < -0.3 is 15.0 Å². The van der Waals surface area contributed by atoms with Gasteiger partial charge in [-0.2, -0.15) is 0 Å². The first-order chi connectivity index (χ1) is 10.1. The molecule has 0 aromatic carbocycles. The van der Waals surface area contributed by atoms with Gasteiger partial charge in [0.2, 0.25) is 5.43 Å². The maximum absolute atomic E-state index is 12.3. The minimum atomic E-state index is -0.0385. The van der Waals surface area contributed by atoms with E-state index in [9.17, 15) is 4.79 Å². The van der Waals surface area contributed by atoms with Gasteiger partial charge in [-0.1, -0.05) is 13.3 Å². The molecule has 0 saturated heterocycles. The lowest BCUT2D eigenvalue weighted by molar-refractivity contribution is 0.167. The molecule has 0 spiro atoms. The summed E-state index contributed by atoms with van der Waals surface area (Å²) in [6, 6.07) is 2.09. The summed E-state index contributed by atoms with van der Waals surface area (Å²) in [5.41, 5.74) is 7.65. The Bertz CT molecular complexity index is 537. The van der Waals surface area contributed by atoms with Gasteiger partial charge in [-0.15, -0.1) is 0 Å². The molecule has 0 radical (unpaired) electrons. The minimum absolute atomic E-state index is 0.0385. The van der Waals surface area contributed by atoms with Crippen LogP contribution in [0, 0.1) is 0 Å². The third-order valence-electron chi connectivity index (χ3n) is 4.10. The Balaban J connectivity index is 2.38. The maximum Gasteiger partial charge on any atom is 0.224 e. The molecule has 0 unspecified atom stereocenters. The van der Waals surface area contributed by atoms with Crippen molar-refractivity contribution >= 4 is 0 Å². The van der Waals surface area contributed by atoms with Gasteiger partial charge >= 0.3 is 0 Å². The van der Waals surface area contributed by atoms with Crippen molar-refractivity contribution in [1.29, 1.82) is 0 Å². The van der Waals surface area contributed by atoms with Gasteiger partial charge in [-0.25, -0.2) is 0 Å². The summed E-state index contributed by atoms with van der Waals surface area (Å²) in [6.07, 6.45) is 2.02. The molecule has 2 N–H and O–H groups in total. The van der Waals surface area contributed by atoms with Crippen molar-refractivity contribution in [2.24, 2.45) is 5.73 Å². The molecule has 1 aromatic heterocycles. The number of nitrogens with two attached hydrogens (primary N) is 1. The van der Waals surface area contributed by atoms with Crippen molar-refractivity contribution in [2.75, 3.05) is 13.2 Å². The number of fused-ring (bicyclic) bond motifs is 1. The highest BCUT2D eigenvalue weighted by molar-refractivity contribution is 5.32. The van der Waals surface area contributed by atoms with Gasteiger partial charge in [0, 0.05) is 44.0 Å². The van der Waals surface area contributed by atoms with Crippen LogP contribution in [0.1, 0.15) is 45.0 Å². The number of aromatic nitrogens is 1. The zero-order valence-corrected chi connectivity index (χ0v) is 13.4. The Labute approximate surface area is 126 Å². The summed E-state index contributed by atoms with van der Waals surface area (Å²) in [5.74, 6) is 0.519. The van der Waals surface area contributed by atoms with E-state index in [4.69, 9.17) is 10.5 Å². The van der Waals surface area contributed by atoms with Crippen LogP contribution in [0.5, 0.6) is 5.75 Å². The number of ether oxygens (including phenoxy) is 1. The first-order valence-electron chi connectivity index (χ1n) is 7.91. The highest BCUT2D eigenvalue weighted by atomic mass is 16.5. The lowest BCUT2D eigenvalue weighted by atomic mass is 10.1. The van der Waals surface area contributed by atoms with E-state index in [1.165, 1.54) is 0 Å². The van der Waals surface area contributed by atoms with Crippen LogP contribution in [-0.2, 0) is 19.6 Å². The number of hydrogen-bond donors (Lipinski definition) is 1. The summed E-state index contributed by atoms with van der Waals surface area (Å²) < 4.78 is 7.97. The second-order valence-corrected chi connectivity index (χ2v) is 5.90. The third kappa shape index (κ3) is 3.47. The molecule has 0 saturated carbocycles. The van der Waals surface area contributed by atoms with E-state index in [-0.39, 0.29) is 5.43 Å². The SMILES string of the molecule is CCCCOc1c2n(c(CN)cc1=O)CCN(C(C)C)C2. The summed E-state index contributed by atoms with van der Waals surface area (Å²) in [7, 11) is 0. The highest BCUT2D eigenvalue weighted by Gasteiger charge is 2.24. The molecule has 5 nitrogen and oxygen atoms in total. The zero-order chi connectivity index (χ0) is 15.4. The Morgan fingerprint density at radius 2 is 2.14 bits per heavy atom. The smallest absolute Gasteiger partial charge is 0.224 e. The van der Waals surface area contributed by atoms with Gasteiger partial charge in [0.25, 0.3) is 0 Å². The van der Waals surface area contributed by atoms with Crippen molar-refractivity contribution in [2.45, 2.75) is 59.3 Å². The van der Waals surface area contributed by atoms with Crippen LogP contribution >= 0.6 is 0 Å². The second-order valence-electron chi connectivity index (χ2n) is 5.90. The van der Waals surface area contributed by atoms with E-state index in [2.05, 4.69) is 30.2 Å². The molecular weight excluding hydrogens is 266 g/mol. The predicted molar refractivity (Wildman–Crippen MR) is 84.5 cm³/mol. The first kappa shape index (κ1) is 16.0. The quantitative estimate of drug-likeness (QED) is 0.811. The molecular formula is C16H27N3O2. The number of nitrogens with zero attached hydrogens (tertiary/aromatic N) is 2. The predicted octanol–water partition coefficient (Wildman–Crippen LogP) is 1.71. The second kappa shape index (κ2) is 7.09. The van der Waals surface area contributed by atoms with Crippen LogP contribution in [0.3, 0.4) is 0 Å². The molecule has 1 aromatic rings. The lowest BCUT2D eigenvalue weighted by Gasteiger charge is -2.35. The van der Waals surface area contributed by atoms with Crippen molar-refractivity contribution in [3.8, 4) is 5.75 Å². The normalized spacial score (nSPS) is 15.3. The molecule has 0 fully saturated rings. The number of rotatable bonds is 6. The van der Waals surface area contributed by atoms with Gasteiger partial charge in [0.15, 0.2) is 5.75 Å². The molecule has 0 aliphatic carbocycles. The zero-order valence-electron chi connectivity index (χ0n) is 13.4. The summed E-state index contributed by atoms with van der Waals surface area (Å²) in [6.45, 7) is 10.1. The molecule has 2 rings (SSSR count). The van der Waals surface area contributed by atoms with Gasteiger partial charge in [-0.3, -0.25) is 9.69 Å². The molecule has 21 heavy (non-hydrogen) atoms. The Kier molecular flexibility index (Phi) is 5.42. The average molecular weight is 293 g/mol. The summed E-state index contributed by atoms with van der Waals surface area (Å²) in [5, 5.41) is 0. The number of unbranched alkanes of at least 4 members (excludes halogenated alkanes) is 1. The van der Waals surface area contributed by atoms with E-state index in [1.807, 2.05) is 0 Å². The molecule has 5 heteroatoms. The Hall–Kier alpha value is -1.33. The van der Waals surface area contributed by atoms with E-state index in [1.54, 1.807) is 6.07 Å². The lowest BCUT2D eigenvalue weighted by Crippen LogP contribution is -2.41. The maximum atomic E-state index is 12.3. The third-order valence-corrected chi connectivity index (χ3v) is 4.10. The summed E-state index contributed by atoms with van der Waals surface area (Å²) >= 11 is 0. The number of pyridine rings is 1. The molecule has 1 aliphatic rings. The van der Waals surface area contributed by atoms with E-state index < -0.39 is 0 Å². The van der Waals surface area contributed by atoms with Gasteiger partial charge in [-0.05, 0) is 20.3 Å². The molecule has 0 amide bonds. The van der Waals surface area contributed by atoms with Crippen LogP contribution in [0.25, 0.3) is 0 Å². The van der Waals surface area contributed by atoms with Crippen LogP contribution in [-0.4, -0.2) is 28.7 Å². The first-order valence-corrected chi connectivity index (χ1v) is 7.91.